The number of carbonyl (C=O) groups is 1. The predicted molar refractivity (Wildman–Crippen MR) is 68.5 cm³/mol. The molecule has 1 unspecified atom stereocenters. The van der Waals surface area contributed by atoms with E-state index in [1.165, 1.54) is 34.9 Å². The van der Waals surface area contributed by atoms with Crippen LogP contribution in [0.2, 0.25) is 0 Å². The number of nitrogens with zero attached hydrogens (tertiary/aromatic N) is 2. The third-order valence-corrected chi connectivity index (χ3v) is 5.14. The van der Waals surface area contributed by atoms with Gasteiger partial charge >= 0.3 is 5.97 Å². The SMILES string of the molecule is CCCCC(Sc1nnc(SC)s1)C(=O)O. The fraction of sp³-hybridized carbons (Fsp3) is 0.667. The molecule has 1 heterocycles. The quantitative estimate of drug-likeness (QED) is 0.774. The lowest BCUT2D eigenvalue weighted by Crippen LogP contribution is -2.15. The van der Waals surface area contributed by atoms with Crippen molar-refractivity contribution in [2.75, 3.05) is 6.26 Å². The Morgan fingerprint density at radius 3 is 2.69 bits per heavy atom. The van der Waals surface area contributed by atoms with Gasteiger partial charge in [-0.2, -0.15) is 0 Å². The van der Waals surface area contributed by atoms with Crippen molar-refractivity contribution in [3.05, 3.63) is 0 Å². The minimum absolute atomic E-state index is 0.400. The second kappa shape index (κ2) is 7.13. The van der Waals surface area contributed by atoms with Crippen LogP contribution in [0, 0.1) is 0 Å². The highest BCUT2D eigenvalue weighted by molar-refractivity contribution is 8.03. The summed E-state index contributed by atoms with van der Waals surface area (Å²) in [5.41, 5.74) is 0. The summed E-state index contributed by atoms with van der Waals surface area (Å²) in [5.74, 6) is -0.764. The number of hydrogen-bond acceptors (Lipinski definition) is 6. The molecule has 1 atom stereocenters. The fourth-order valence-corrected chi connectivity index (χ4v) is 3.73. The summed E-state index contributed by atoms with van der Waals surface area (Å²) in [7, 11) is 0. The largest absolute Gasteiger partial charge is 0.480 e. The van der Waals surface area contributed by atoms with Crippen LogP contribution in [-0.4, -0.2) is 32.8 Å². The van der Waals surface area contributed by atoms with E-state index >= 15 is 0 Å². The maximum absolute atomic E-state index is 11.0. The normalized spacial score (nSPS) is 12.6. The molecule has 0 aliphatic rings. The predicted octanol–water partition coefficient (Wildman–Crippen LogP) is 3.00. The van der Waals surface area contributed by atoms with Crippen LogP contribution >= 0.6 is 34.9 Å². The first kappa shape index (κ1) is 13.8. The molecule has 16 heavy (non-hydrogen) atoms. The summed E-state index contributed by atoms with van der Waals surface area (Å²) in [6.45, 7) is 2.06. The van der Waals surface area contributed by atoms with E-state index in [1.807, 2.05) is 6.26 Å². The smallest absolute Gasteiger partial charge is 0.317 e. The lowest BCUT2D eigenvalue weighted by molar-refractivity contribution is -0.136. The van der Waals surface area contributed by atoms with Crippen molar-refractivity contribution in [2.45, 2.75) is 40.1 Å². The van der Waals surface area contributed by atoms with Gasteiger partial charge in [0, 0.05) is 0 Å². The Kier molecular flexibility index (Phi) is 6.15. The molecule has 0 saturated heterocycles. The first-order valence-corrected chi connectivity index (χ1v) is 7.86. The molecule has 0 fully saturated rings. The van der Waals surface area contributed by atoms with E-state index in [0.29, 0.717) is 6.42 Å². The van der Waals surface area contributed by atoms with Crippen LogP contribution < -0.4 is 0 Å². The van der Waals surface area contributed by atoms with Crippen molar-refractivity contribution in [3.63, 3.8) is 0 Å². The second-order valence-corrected chi connectivity index (χ2v) is 6.61. The van der Waals surface area contributed by atoms with E-state index in [4.69, 9.17) is 5.11 Å². The maximum Gasteiger partial charge on any atom is 0.317 e. The van der Waals surface area contributed by atoms with Gasteiger partial charge in [-0.25, -0.2) is 0 Å². The van der Waals surface area contributed by atoms with Crippen molar-refractivity contribution in [1.82, 2.24) is 10.2 Å². The number of unbranched alkanes of at least 4 members (excludes halogenated alkanes) is 1. The summed E-state index contributed by atoms with van der Waals surface area (Å²) in [6, 6.07) is 0. The van der Waals surface area contributed by atoms with Gasteiger partial charge in [-0.05, 0) is 12.7 Å². The van der Waals surface area contributed by atoms with E-state index in [0.717, 1.165) is 21.5 Å². The van der Waals surface area contributed by atoms with Gasteiger partial charge in [-0.15, -0.1) is 10.2 Å². The summed E-state index contributed by atoms with van der Waals surface area (Å²) >= 11 is 4.28. The second-order valence-electron chi connectivity index (χ2n) is 3.12. The Hall–Kier alpha value is -0.270. The average molecular weight is 278 g/mol. The molecule has 7 heteroatoms. The molecule has 0 bridgehead atoms. The van der Waals surface area contributed by atoms with Gasteiger partial charge in [0.1, 0.15) is 5.25 Å². The highest BCUT2D eigenvalue weighted by Gasteiger charge is 2.20. The Morgan fingerprint density at radius 2 is 2.19 bits per heavy atom. The van der Waals surface area contributed by atoms with Gasteiger partial charge in [-0.1, -0.05) is 54.6 Å². The topological polar surface area (TPSA) is 63.1 Å². The summed E-state index contributed by atoms with van der Waals surface area (Å²) in [6.07, 6.45) is 4.56. The number of rotatable bonds is 7. The van der Waals surface area contributed by atoms with Gasteiger partial charge in [-0.3, -0.25) is 4.79 Å². The first-order valence-electron chi connectivity index (χ1n) is 4.94. The van der Waals surface area contributed by atoms with Gasteiger partial charge in [0.15, 0.2) is 8.68 Å². The number of carboxylic acids is 1. The van der Waals surface area contributed by atoms with Crippen LogP contribution in [0.4, 0.5) is 0 Å². The van der Waals surface area contributed by atoms with Crippen LogP contribution in [0.3, 0.4) is 0 Å². The fourth-order valence-electron chi connectivity index (χ4n) is 1.07. The number of hydrogen-bond donors (Lipinski definition) is 1. The molecular formula is C9H14N2O2S3. The van der Waals surface area contributed by atoms with Crippen LogP contribution in [0.25, 0.3) is 0 Å². The molecule has 0 aliphatic heterocycles. The standard InChI is InChI=1S/C9H14N2O2S3/c1-3-4-5-6(7(12)13)15-9-11-10-8(14-2)16-9/h6H,3-5H2,1-2H3,(H,12,13). The van der Waals surface area contributed by atoms with E-state index < -0.39 is 11.2 Å². The highest BCUT2D eigenvalue weighted by Crippen LogP contribution is 2.32. The molecule has 4 nitrogen and oxygen atoms in total. The molecule has 90 valence electrons. The number of aromatic nitrogens is 2. The van der Waals surface area contributed by atoms with Gasteiger partial charge in [0.25, 0.3) is 0 Å². The molecule has 0 aliphatic carbocycles. The van der Waals surface area contributed by atoms with Gasteiger partial charge < -0.3 is 5.11 Å². The summed E-state index contributed by atoms with van der Waals surface area (Å²) in [4.78, 5) is 11.0. The van der Waals surface area contributed by atoms with Crippen molar-refractivity contribution in [2.24, 2.45) is 0 Å². The monoisotopic (exact) mass is 278 g/mol. The third kappa shape index (κ3) is 4.31. The van der Waals surface area contributed by atoms with Gasteiger partial charge in [0.05, 0.1) is 0 Å². The molecule has 1 aromatic rings. The van der Waals surface area contributed by atoms with Crippen LogP contribution in [0.1, 0.15) is 26.2 Å². The van der Waals surface area contributed by atoms with E-state index in [2.05, 4.69) is 17.1 Å². The molecular weight excluding hydrogens is 264 g/mol. The molecule has 1 rings (SSSR count). The Balaban J connectivity index is 2.56. The van der Waals surface area contributed by atoms with Crippen molar-refractivity contribution in [3.8, 4) is 0 Å². The summed E-state index contributed by atoms with van der Waals surface area (Å²) < 4.78 is 1.62. The Labute approximate surface area is 107 Å². The minimum atomic E-state index is -0.764. The molecule has 0 amide bonds. The highest BCUT2D eigenvalue weighted by atomic mass is 32.2. The number of aliphatic carboxylic acids is 1. The van der Waals surface area contributed by atoms with Crippen LogP contribution in [0.15, 0.2) is 8.68 Å². The number of carboxylic acid groups (broad SMARTS) is 1. The lowest BCUT2D eigenvalue weighted by atomic mass is 10.2. The number of thioether (sulfide) groups is 2. The summed E-state index contributed by atoms with van der Waals surface area (Å²) in [5, 5.41) is 16.6. The molecule has 0 aromatic carbocycles. The Morgan fingerprint density at radius 1 is 1.50 bits per heavy atom. The molecule has 0 saturated carbocycles. The molecule has 1 N–H and O–H groups in total. The zero-order chi connectivity index (χ0) is 12.0. The zero-order valence-electron chi connectivity index (χ0n) is 9.17. The molecule has 0 spiro atoms. The Bertz CT molecular complexity index is 343. The van der Waals surface area contributed by atoms with Crippen LogP contribution in [-0.2, 0) is 4.79 Å². The van der Waals surface area contributed by atoms with Gasteiger partial charge in [0.2, 0.25) is 0 Å². The molecule has 0 radical (unpaired) electrons. The van der Waals surface area contributed by atoms with E-state index in [-0.39, 0.29) is 0 Å². The third-order valence-electron chi connectivity index (χ3n) is 1.90. The van der Waals surface area contributed by atoms with E-state index in [9.17, 15) is 4.79 Å². The lowest BCUT2D eigenvalue weighted by Gasteiger charge is -2.08. The van der Waals surface area contributed by atoms with Crippen molar-refractivity contribution in [1.29, 1.82) is 0 Å². The van der Waals surface area contributed by atoms with E-state index in [1.54, 1.807) is 0 Å². The minimum Gasteiger partial charge on any atom is -0.480 e. The molecule has 1 aromatic heterocycles. The van der Waals surface area contributed by atoms with Crippen molar-refractivity contribution < 1.29 is 9.90 Å². The average Bonchev–Trinajstić information content (AvgIpc) is 2.71. The van der Waals surface area contributed by atoms with Crippen LogP contribution in [0.5, 0.6) is 0 Å². The zero-order valence-corrected chi connectivity index (χ0v) is 11.6. The first-order chi connectivity index (χ1) is 7.67. The van der Waals surface area contributed by atoms with Crippen molar-refractivity contribution >= 4 is 40.8 Å². The maximum atomic E-state index is 11.0.